The first-order chi connectivity index (χ1) is 30.2. The number of hydrogen-bond donors (Lipinski definition) is 7. The Bertz CT molecular complexity index is 2680. The number of amides is 1. The molecule has 0 unspecified atom stereocenters. The lowest BCUT2D eigenvalue weighted by molar-refractivity contribution is -0.123. The minimum Gasteiger partial charge on any atom is -0.507 e. The summed E-state index contributed by atoms with van der Waals surface area (Å²) in [6.45, 7) is 17.5. The summed E-state index contributed by atoms with van der Waals surface area (Å²) < 4.78 is 11.4. The molecule has 13 nitrogen and oxygen atoms in total. The molecule has 0 bridgehead atoms. The number of carbonyl (C=O) groups excluding carboxylic acids is 2. The number of nitrogens with one attached hydrogen (secondary N) is 1. The van der Waals surface area contributed by atoms with Crippen molar-refractivity contribution < 1.29 is 49.7 Å². The molecule has 0 spiro atoms. The van der Waals surface area contributed by atoms with E-state index in [0.717, 1.165) is 28.5 Å². The van der Waals surface area contributed by atoms with Crippen molar-refractivity contribution in [2.45, 2.75) is 81.1 Å². The maximum atomic E-state index is 12.9. The van der Waals surface area contributed by atoms with Gasteiger partial charge in [-0.2, -0.15) is 5.10 Å². The van der Waals surface area contributed by atoms with Crippen LogP contribution in [0.1, 0.15) is 95.2 Å². The molecule has 0 atom stereocenters. The number of hydrazone groups is 1. The molecule has 0 saturated carbocycles. The molecular formula is C51H55N3O10. The van der Waals surface area contributed by atoms with E-state index < -0.39 is 28.9 Å². The van der Waals surface area contributed by atoms with Crippen molar-refractivity contribution in [1.29, 1.82) is 0 Å². The molecule has 0 heterocycles. The van der Waals surface area contributed by atoms with Crippen molar-refractivity contribution in [3.05, 3.63) is 104 Å². The lowest BCUT2D eigenvalue weighted by atomic mass is 9.83. The van der Waals surface area contributed by atoms with Crippen LogP contribution in [0.4, 0.5) is 0 Å². The number of rotatable bonds is 14. The average Bonchev–Trinajstić information content (AvgIpc) is 3.19. The summed E-state index contributed by atoms with van der Waals surface area (Å²) in [4.78, 5) is 30.0. The molecule has 0 aromatic heterocycles. The summed E-state index contributed by atoms with van der Waals surface area (Å²) in [6.07, 6.45) is 2.33. The predicted molar refractivity (Wildman–Crippen MR) is 251 cm³/mol. The van der Waals surface area contributed by atoms with Crippen molar-refractivity contribution in [3.8, 4) is 57.1 Å². The Labute approximate surface area is 372 Å². The Morgan fingerprint density at radius 1 is 0.562 bits per heavy atom. The normalized spacial score (nSPS) is 11.8. The second-order valence-electron chi connectivity index (χ2n) is 17.1. The van der Waals surface area contributed by atoms with Gasteiger partial charge in [-0.05, 0) is 122 Å². The second kappa shape index (κ2) is 18.6. The Morgan fingerprint density at radius 3 is 1.39 bits per heavy atom. The molecule has 64 heavy (non-hydrogen) atoms. The molecule has 334 valence electrons. The smallest absolute Gasteiger partial charge is 0.277 e. The molecule has 6 rings (SSSR count). The quantitative estimate of drug-likeness (QED) is 0.0313. The molecule has 0 aliphatic carbocycles. The van der Waals surface area contributed by atoms with Crippen molar-refractivity contribution >= 4 is 45.7 Å². The van der Waals surface area contributed by atoms with Gasteiger partial charge in [-0.3, -0.25) is 14.6 Å². The lowest BCUT2D eigenvalue weighted by Crippen LogP contribution is -2.24. The number of phenols is 6. The first-order valence-corrected chi connectivity index (χ1v) is 20.9. The largest absolute Gasteiger partial charge is 0.507 e. The summed E-state index contributed by atoms with van der Waals surface area (Å²) in [5, 5.41) is 75.5. The highest BCUT2D eigenvalue weighted by Gasteiger charge is 2.29. The molecule has 1 amide bonds. The van der Waals surface area contributed by atoms with Gasteiger partial charge >= 0.3 is 0 Å². The number of aromatic hydroxyl groups is 6. The highest BCUT2D eigenvalue weighted by Crippen LogP contribution is 2.54. The van der Waals surface area contributed by atoms with Crippen LogP contribution in [-0.4, -0.2) is 74.5 Å². The first-order valence-electron chi connectivity index (χ1n) is 20.9. The number of phenolic OH excluding ortho intramolecular Hbond substituents is 6. The third kappa shape index (κ3) is 9.24. The topological polar surface area (TPSA) is 211 Å². The van der Waals surface area contributed by atoms with E-state index in [9.17, 15) is 40.2 Å². The van der Waals surface area contributed by atoms with Crippen LogP contribution >= 0.6 is 0 Å². The third-order valence-electron chi connectivity index (χ3n) is 11.0. The molecule has 6 aromatic carbocycles. The Hall–Kier alpha value is -7.28. The van der Waals surface area contributed by atoms with E-state index in [1.165, 1.54) is 6.21 Å². The van der Waals surface area contributed by atoms with E-state index in [-0.39, 0.29) is 81.9 Å². The number of hydrogen-bond acceptors (Lipinski definition) is 12. The Balaban J connectivity index is 1.46. The van der Waals surface area contributed by atoms with Gasteiger partial charge in [0.25, 0.3) is 5.91 Å². The van der Waals surface area contributed by atoms with Crippen LogP contribution in [0.25, 0.3) is 32.7 Å². The van der Waals surface area contributed by atoms with Crippen molar-refractivity contribution in [2.75, 3.05) is 19.8 Å². The molecule has 6 aromatic rings. The zero-order valence-electron chi connectivity index (χ0n) is 37.8. The van der Waals surface area contributed by atoms with Gasteiger partial charge in [-0.25, -0.2) is 5.43 Å². The van der Waals surface area contributed by atoms with Crippen molar-refractivity contribution in [3.63, 3.8) is 0 Å². The van der Waals surface area contributed by atoms with Gasteiger partial charge < -0.3 is 40.1 Å². The predicted octanol–water partition coefficient (Wildman–Crippen LogP) is 9.59. The van der Waals surface area contributed by atoms with Crippen LogP contribution in [0.5, 0.6) is 46.0 Å². The number of benzene rings is 6. The highest BCUT2D eigenvalue weighted by atomic mass is 16.5. The summed E-state index contributed by atoms with van der Waals surface area (Å²) in [6, 6.07) is 14.6. The fourth-order valence-electron chi connectivity index (χ4n) is 8.45. The number of aliphatic imine (C=N–C) groups is 1. The summed E-state index contributed by atoms with van der Waals surface area (Å²) in [5.41, 5.74) is 8.07. The van der Waals surface area contributed by atoms with Crippen LogP contribution in [0.15, 0.2) is 58.6 Å². The number of nitrogens with zero attached hydrogens (tertiary/aromatic N) is 2. The van der Waals surface area contributed by atoms with Gasteiger partial charge in [0.05, 0.1) is 11.8 Å². The first kappa shape index (κ1) is 46.2. The minimum absolute atomic E-state index is 0.0636. The van der Waals surface area contributed by atoms with Crippen LogP contribution in [0.2, 0.25) is 0 Å². The maximum Gasteiger partial charge on any atom is 0.277 e. The molecule has 0 saturated heterocycles. The lowest BCUT2D eigenvalue weighted by Gasteiger charge is -2.23. The minimum atomic E-state index is -0.607. The highest BCUT2D eigenvalue weighted by molar-refractivity contribution is 6.15. The number of fused-ring (bicyclic) bond motifs is 2. The number of aryl methyl sites for hydroxylation is 6. The average molecular weight is 870 g/mol. The number of ketones is 1. The zero-order valence-corrected chi connectivity index (χ0v) is 37.8. The molecule has 0 radical (unpaired) electrons. The van der Waals surface area contributed by atoms with E-state index in [0.29, 0.717) is 44.5 Å². The van der Waals surface area contributed by atoms with Crippen LogP contribution < -0.4 is 14.9 Å². The van der Waals surface area contributed by atoms with Gasteiger partial charge in [0.15, 0.2) is 35.4 Å². The van der Waals surface area contributed by atoms with Crippen molar-refractivity contribution in [1.82, 2.24) is 5.43 Å². The van der Waals surface area contributed by atoms with Gasteiger partial charge in [0.1, 0.15) is 36.1 Å². The summed E-state index contributed by atoms with van der Waals surface area (Å²) >= 11 is 0. The maximum absolute atomic E-state index is 12.9. The Kier molecular flexibility index (Phi) is 13.4. The van der Waals surface area contributed by atoms with E-state index in [2.05, 4.69) is 15.5 Å². The fraction of sp³-hybridized carbons (Fsp3) is 0.294. The van der Waals surface area contributed by atoms with Crippen molar-refractivity contribution in [2.24, 2.45) is 10.1 Å². The fourth-order valence-corrected chi connectivity index (χ4v) is 8.45. The van der Waals surface area contributed by atoms with Gasteiger partial charge in [-0.1, -0.05) is 52.0 Å². The van der Waals surface area contributed by atoms with Crippen LogP contribution in [-0.2, 0) is 9.59 Å². The standard InChI is InChI=1S/C51H55N3O10/c1-24(2)40-35-17-30(9)42(48(59)44(35)37(46(57)50(40)61)20-52-19-32(55)22-63-33-13-26(5)11-27(6)14-33)43-31(10)18-36-41(25(3)4)51(62)47(58)38(45(36)49(43)60)21-53-54-39(56)23-64-34-15-28(7)12-29(8)16-34/h11-18,20-21,24-25,57-62H,19,22-23H2,1-10H3,(H,54,56)/b52-20?,53-21+. The molecule has 13 heteroatoms. The van der Waals surface area contributed by atoms with Gasteiger partial charge in [0, 0.05) is 44.8 Å². The SMILES string of the molecule is Cc1cc(C)cc(OCC(=O)CN=Cc2c(O)c(O)c(C(C)C)c3cc(C)c(-c4c(C)cc5c(C(C)C)c(O)c(O)c(/C=N/NC(=O)COc6cc(C)cc(C)c6)c5c4O)c(O)c23)c1. The summed E-state index contributed by atoms with van der Waals surface area (Å²) in [5.74, 6) is -3.33. The van der Waals surface area contributed by atoms with Gasteiger partial charge in [0.2, 0.25) is 0 Å². The van der Waals surface area contributed by atoms with E-state index in [4.69, 9.17) is 9.47 Å². The molecule has 0 fully saturated rings. The monoisotopic (exact) mass is 869 g/mol. The number of ether oxygens (including phenoxy) is 2. The second-order valence-corrected chi connectivity index (χ2v) is 17.1. The van der Waals surface area contributed by atoms with E-state index in [1.807, 2.05) is 79.7 Å². The van der Waals surface area contributed by atoms with Crippen LogP contribution in [0.3, 0.4) is 0 Å². The number of carbonyl (C=O) groups is 2. The molecule has 0 aliphatic rings. The number of Topliss-reactive ketones (excluding diaryl/α,β-unsaturated/α-hetero) is 1. The zero-order chi connectivity index (χ0) is 46.9. The molecular weight excluding hydrogens is 815 g/mol. The molecule has 0 aliphatic heterocycles. The van der Waals surface area contributed by atoms with E-state index >= 15 is 0 Å². The third-order valence-corrected chi connectivity index (χ3v) is 11.0. The Morgan fingerprint density at radius 2 is 0.969 bits per heavy atom. The van der Waals surface area contributed by atoms with Crippen LogP contribution in [0, 0.1) is 41.5 Å². The summed E-state index contributed by atoms with van der Waals surface area (Å²) in [7, 11) is 0. The molecule has 7 N–H and O–H groups in total. The van der Waals surface area contributed by atoms with Gasteiger partial charge in [-0.15, -0.1) is 0 Å². The van der Waals surface area contributed by atoms with E-state index in [1.54, 1.807) is 38.1 Å².